The van der Waals surface area contributed by atoms with Gasteiger partial charge in [0.2, 0.25) is 5.91 Å². The minimum absolute atomic E-state index is 0.0262. The van der Waals surface area contributed by atoms with Crippen molar-refractivity contribution in [1.29, 1.82) is 0 Å². The SMILES string of the molecule is CC(=O)Nc1ccc(S(=O)(=O)Oc2ccccc2-c2nc3cc(C)ccn3c2NC(C)(C)CC(C)(C)C)cc1. The van der Waals surface area contributed by atoms with E-state index in [1.807, 2.05) is 35.7 Å². The van der Waals surface area contributed by atoms with E-state index in [9.17, 15) is 13.2 Å². The number of aromatic nitrogens is 2. The number of para-hydroxylation sites is 1. The van der Waals surface area contributed by atoms with E-state index in [1.54, 1.807) is 18.2 Å². The minimum Gasteiger partial charge on any atom is -0.378 e. The third-order valence-electron chi connectivity index (χ3n) is 6.02. The highest BCUT2D eigenvalue weighted by Crippen LogP contribution is 2.39. The number of hydrogen-bond acceptors (Lipinski definition) is 6. The van der Waals surface area contributed by atoms with Crippen LogP contribution in [0.15, 0.2) is 71.8 Å². The van der Waals surface area contributed by atoms with Crippen molar-refractivity contribution in [2.45, 2.75) is 65.3 Å². The average molecular weight is 549 g/mol. The molecular formula is C30H36N4O4S. The number of anilines is 2. The van der Waals surface area contributed by atoms with Crippen molar-refractivity contribution in [3.05, 3.63) is 72.4 Å². The number of hydrogen-bond donors (Lipinski definition) is 2. The summed E-state index contributed by atoms with van der Waals surface area (Å²) in [6, 6.07) is 16.8. The number of amides is 1. The summed E-state index contributed by atoms with van der Waals surface area (Å²) in [5, 5.41) is 6.32. The number of benzene rings is 2. The van der Waals surface area contributed by atoms with Gasteiger partial charge in [0.25, 0.3) is 0 Å². The molecule has 0 aliphatic carbocycles. The number of nitrogens with zero attached hydrogens (tertiary/aromatic N) is 2. The van der Waals surface area contributed by atoms with Crippen LogP contribution in [-0.2, 0) is 14.9 Å². The molecule has 8 nitrogen and oxygen atoms in total. The predicted octanol–water partition coefficient (Wildman–Crippen LogP) is 6.66. The van der Waals surface area contributed by atoms with Crippen molar-refractivity contribution in [3.8, 4) is 17.0 Å². The van der Waals surface area contributed by atoms with E-state index in [1.165, 1.54) is 31.2 Å². The molecule has 0 spiro atoms. The lowest BCUT2D eigenvalue weighted by molar-refractivity contribution is -0.114. The van der Waals surface area contributed by atoms with E-state index in [2.05, 4.69) is 45.3 Å². The molecule has 2 N–H and O–H groups in total. The van der Waals surface area contributed by atoms with Crippen molar-refractivity contribution in [1.82, 2.24) is 9.38 Å². The summed E-state index contributed by atoms with van der Waals surface area (Å²) in [6.07, 6.45) is 2.85. The van der Waals surface area contributed by atoms with E-state index in [0.717, 1.165) is 23.4 Å². The molecule has 206 valence electrons. The van der Waals surface area contributed by atoms with Gasteiger partial charge in [-0.3, -0.25) is 9.20 Å². The highest BCUT2D eigenvalue weighted by Gasteiger charge is 2.29. The highest BCUT2D eigenvalue weighted by atomic mass is 32.2. The van der Waals surface area contributed by atoms with Gasteiger partial charge in [0.15, 0.2) is 5.75 Å². The molecule has 0 saturated heterocycles. The fraction of sp³-hybridized carbons (Fsp3) is 0.333. The summed E-state index contributed by atoms with van der Waals surface area (Å²) in [6.45, 7) is 14.3. The Morgan fingerprint density at radius 1 is 1.00 bits per heavy atom. The summed E-state index contributed by atoms with van der Waals surface area (Å²) in [7, 11) is -4.17. The molecule has 2 aromatic heterocycles. The van der Waals surface area contributed by atoms with Crippen LogP contribution >= 0.6 is 0 Å². The van der Waals surface area contributed by atoms with Crippen LogP contribution in [-0.4, -0.2) is 29.2 Å². The van der Waals surface area contributed by atoms with Gasteiger partial charge in [-0.15, -0.1) is 0 Å². The minimum atomic E-state index is -4.17. The monoisotopic (exact) mass is 548 g/mol. The summed E-state index contributed by atoms with van der Waals surface area (Å²) >= 11 is 0. The lowest BCUT2D eigenvalue weighted by Gasteiger charge is -2.34. The summed E-state index contributed by atoms with van der Waals surface area (Å²) < 4.78 is 34.2. The Kier molecular flexibility index (Phi) is 7.49. The molecular weight excluding hydrogens is 512 g/mol. The number of nitrogens with one attached hydrogen (secondary N) is 2. The van der Waals surface area contributed by atoms with Crippen LogP contribution < -0.4 is 14.8 Å². The van der Waals surface area contributed by atoms with Crippen molar-refractivity contribution >= 4 is 33.2 Å². The van der Waals surface area contributed by atoms with Gasteiger partial charge in [-0.2, -0.15) is 8.42 Å². The molecule has 2 heterocycles. The largest absolute Gasteiger partial charge is 0.378 e. The number of imidazole rings is 1. The molecule has 0 radical (unpaired) electrons. The Balaban J connectivity index is 1.77. The van der Waals surface area contributed by atoms with Gasteiger partial charge in [-0.1, -0.05) is 32.9 Å². The van der Waals surface area contributed by atoms with E-state index in [-0.39, 0.29) is 27.5 Å². The zero-order valence-corrected chi connectivity index (χ0v) is 24.3. The normalized spacial score (nSPS) is 12.4. The van der Waals surface area contributed by atoms with Crippen LogP contribution in [0.4, 0.5) is 11.5 Å². The maximum absolute atomic E-state index is 13.3. The molecule has 0 atom stereocenters. The summed E-state index contributed by atoms with van der Waals surface area (Å²) in [5.41, 5.74) is 3.24. The van der Waals surface area contributed by atoms with Crippen LogP contribution in [0.25, 0.3) is 16.9 Å². The molecule has 1 amide bonds. The van der Waals surface area contributed by atoms with Gasteiger partial charge in [0, 0.05) is 29.9 Å². The Labute approximate surface area is 230 Å². The zero-order chi connectivity index (χ0) is 28.6. The predicted molar refractivity (Wildman–Crippen MR) is 156 cm³/mol. The zero-order valence-electron chi connectivity index (χ0n) is 23.5. The first kappa shape index (κ1) is 28.2. The third kappa shape index (κ3) is 6.78. The van der Waals surface area contributed by atoms with E-state index < -0.39 is 10.1 Å². The maximum Gasteiger partial charge on any atom is 0.339 e. The Hall–Kier alpha value is -3.85. The number of carbonyl (C=O) groups excluding carboxylic acids is 1. The second-order valence-electron chi connectivity index (χ2n) is 11.7. The first-order valence-electron chi connectivity index (χ1n) is 12.8. The second-order valence-corrected chi connectivity index (χ2v) is 13.3. The first-order chi connectivity index (χ1) is 18.1. The fourth-order valence-electron chi connectivity index (χ4n) is 4.95. The van der Waals surface area contributed by atoms with Gasteiger partial charge in [0.1, 0.15) is 22.1 Å². The van der Waals surface area contributed by atoms with Crippen LogP contribution in [0.2, 0.25) is 0 Å². The molecule has 0 bridgehead atoms. The van der Waals surface area contributed by atoms with E-state index in [0.29, 0.717) is 16.9 Å². The topological polar surface area (TPSA) is 102 Å². The van der Waals surface area contributed by atoms with E-state index in [4.69, 9.17) is 9.17 Å². The molecule has 0 unspecified atom stereocenters. The van der Waals surface area contributed by atoms with Gasteiger partial charge in [-0.25, -0.2) is 4.98 Å². The average Bonchev–Trinajstić information content (AvgIpc) is 3.13. The van der Waals surface area contributed by atoms with Crippen LogP contribution in [0.3, 0.4) is 0 Å². The number of carbonyl (C=O) groups is 1. The fourth-order valence-corrected chi connectivity index (χ4v) is 5.90. The molecule has 9 heteroatoms. The number of aryl methyl sites for hydroxylation is 1. The van der Waals surface area contributed by atoms with Gasteiger partial charge >= 0.3 is 10.1 Å². The molecule has 0 fully saturated rings. The van der Waals surface area contributed by atoms with Crippen molar-refractivity contribution in [3.63, 3.8) is 0 Å². The lowest BCUT2D eigenvalue weighted by Crippen LogP contribution is -2.36. The van der Waals surface area contributed by atoms with E-state index >= 15 is 0 Å². The van der Waals surface area contributed by atoms with Gasteiger partial charge in [-0.05, 0) is 86.7 Å². The number of fused-ring (bicyclic) bond motifs is 1. The van der Waals surface area contributed by atoms with Crippen molar-refractivity contribution in [2.24, 2.45) is 5.41 Å². The maximum atomic E-state index is 13.3. The van der Waals surface area contributed by atoms with Gasteiger partial charge in [0.05, 0.1) is 0 Å². The van der Waals surface area contributed by atoms with Gasteiger partial charge < -0.3 is 14.8 Å². The van der Waals surface area contributed by atoms with Crippen LogP contribution in [0.5, 0.6) is 5.75 Å². The van der Waals surface area contributed by atoms with Crippen molar-refractivity contribution in [2.75, 3.05) is 10.6 Å². The Morgan fingerprint density at radius 3 is 2.31 bits per heavy atom. The standard InChI is InChI=1S/C30H36N4O4S/c1-20-16-17-34-26(18-20)32-27(28(34)33-30(6,7)19-29(3,4)5)24-10-8-9-11-25(24)38-39(36,37)23-14-12-22(13-15-23)31-21(2)35/h8-18,33H,19H2,1-7H3,(H,31,35). The third-order valence-corrected chi connectivity index (χ3v) is 7.26. The van der Waals surface area contributed by atoms with Crippen LogP contribution in [0, 0.1) is 12.3 Å². The number of rotatable bonds is 8. The molecule has 0 aliphatic heterocycles. The molecule has 39 heavy (non-hydrogen) atoms. The molecule has 0 aliphatic rings. The second kappa shape index (κ2) is 10.4. The smallest absolute Gasteiger partial charge is 0.339 e. The quantitative estimate of drug-likeness (QED) is 0.239. The Bertz CT molecular complexity index is 1620. The number of pyridine rings is 1. The lowest BCUT2D eigenvalue weighted by atomic mass is 9.82. The molecule has 4 rings (SSSR count). The molecule has 0 saturated carbocycles. The van der Waals surface area contributed by atoms with Crippen LogP contribution in [0.1, 0.15) is 53.5 Å². The highest BCUT2D eigenvalue weighted by molar-refractivity contribution is 7.87. The first-order valence-corrected chi connectivity index (χ1v) is 14.2. The Morgan fingerprint density at radius 2 is 1.67 bits per heavy atom. The molecule has 4 aromatic rings. The molecule has 2 aromatic carbocycles. The summed E-state index contributed by atoms with van der Waals surface area (Å²) in [4.78, 5) is 16.2. The van der Waals surface area contributed by atoms with Crippen molar-refractivity contribution < 1.29 is 17.4 Å². The summed E-state index contributed by atoms with van der Waals surface area (Å²) in [5.74, 6) is 0.682.